The summed E-state index contributed by atoms with van der Waals surface area (Å²) in [7, 11) is -3.88. The maximum absolute atomic E-state index is 13.7. The van der Waals surface area contributed by atoms with Crippen molar-refractivity contribution >= 4 is 15.9 Å². The number of hydrogen-bond donors (Lipinski definition) is 1. The highest BCUT2D eigenvalue weighted by molar-refractivity contribution is 7.89. The topological polar surface area (TPSA) is 79.4 Å². The first-order valence-corrected chi connectivity index (χ1v) is 9.89. The Hall–Kier alpha value is -2.32. The van der Waals surface area contributed by atoms with Crippen LogP contribution in [0.2, 0.25) is 0 Å². The van der Waals surface area contributed by atoms with E-state index in [1.807, 2.05) is 0 Å². The van der Waals surface area contributed by atoms with Gasteiger partial charge >= 0.3 is 0 Å². The molecule has 0 radical (unpaired) electrons. The lowest BCUT2D eigenvalue weighted by molar-refractivity contribution is 0.0692. The standard InChI is InChI=1S/C18H20FN3O3S/c19-16-3-1-2-4-17(16)26(24,25)21-13-14-7-11-22(12-8-14)18(23)15-5-9-20-10-6-15/h1-6,9-10,14,21H,7-8,11-13H2. The molecule has 1 amide bonds. The first kappa shape index (κ1) is 18.5. The molecular weight excluding hydrogens is 357 g/mol. The molecule has 26 heavy (non-hydrogen) atoms. The Labute approximate surface area is 152 Å². The van der Waals surface area contributed by atoms with Crippen LogP contribution in [0.25, 0.3) is 0 Å². The van der Waals surface area contributed by atoms with Gasteiger partial charge in [-0.1, -0.05) is 12.1 Å². The number of piperidine rings is 1. The number of hydrogen-bond acceptors (Lipinski definition) is 4. The quantitative estimate of drug-likeness (QED) is 0.865. The fourth-order valence-corrected chi connectivity index (χ4v) is 4.18. The first-order valence-electron chi connectivity index (χ1n) is 8.41. The van der Waals surface area contributed by atoms with E-state index in [0.29, 0.717) is 31.5 Å². The molecule has 2 aromatic rings. The summed E-state index contributed by atoms with van der Waals surface area (Å²) in [5.74, 6) is -0.700. The van der Waals surface area contributed by atoms with Gasteiger partial charge < -0.3 is 4.90 Å². The van der Waals surface area contributed by atoms with E-state index in [1.54, 1.807) is 29.4 Å². The zero-order valence-electron chi connectivity index (χ0n) is 14.1. The van der Waals surface area contributed by atoms with Crippen LogP contribution in [0.3, 0.4) is 0 Å². The van der Waals surface area contributed by atoms with Gasteiger partial charge in [0.2, 0.25) is 10.0 Å². The van der Waals surface area contributed by atoms with Crippen LogP contribution in [0.4, 0.5) is 4.39 Å². The average molecular weight is 377 g/mol. The highest BCUT2D eigenvalue weighted by atomic mass is 32.2. The third kappa shape index (κ3) is 4.25. The average Bonchev–Trinajstić information content (AvgIpc) is 2.67. The summed E-state index contributed by atoms with van der Waals surface area (Å²) < 4.78 is 40.6. The number of likely N-dealkylation sites (tertiary alicyclic amines) is 1. The zero-order valence-corrected chi connectivity index (χ0v) is 15.0. The number of carbonyl (C=O) groups excluding carboxylic acids is 1. The molecule has 6 nitrogen and oxygen atoms in total. The zero-order chi connectivity index (χ0) is 18.6. The highest BCUT2D eigenvalue weighted by Gasteiger charge is 2.25. The number of nitrogens with zero attached hydrogens (tertiary/aromatic N) is 2. The maximum atomic E-state index is 13.7. The van der Waals surface area contributed by atoms with Crippen LogP contribution < -0.4 is 4.72 Å². The van der Waals surface area contributed by atoms with Crippen LogP contribution in [0.15, 0.2) is 53.7 Å². The predicted molar refractivity (Wildman–Crippen MR) is 94.5 cm³/mol. The Morgan fingerprint density at radius 2 is 1.81 bits per heavy atom. The molecule has 0 atom stereocenters. The van der Waals surface area contributed by atoms with Crippen molar-refractivity contribution in [3.05, 3.63) is 60.2 Å². The van der Waals surface area contributed by atoms with Gasteiger partial charge in [0.05, 0.1) is 0 Å². The van der Waals surface area contributed by atoms with Crippen LogP contribution in [-0.2, 0) is 10.0 Å². The second kappa shape index (κ2) is 7.92. The molecule has 1 aromatic carbocycles. The third-order valence-corrected chi connectivity index (χ3v) is 5.97. The number of rotatable bonds is 5. The Balaban J connectivity index is 1.53. The van der Waals surface area contributed by atoms with E-state index in [-0.39, 0.29) is 23.3 Å². The number of amides is 1. The Kier molecular flexibility index (Phi) is 5.63. The van der Waals surface area contributed by atoms with Gasteiger partial charge in [0.25, 0.3) is 5.91 Å². The van der Waals surface area contributed by atoms with E-state index >= 15 is 0 Å². The van der Waals surface area contributed by atoms with E-state index in [2.05, 4.69) is 9.71 Å². The van der Waals surface area contributed by atoms with Crippen LogP contribution in [0.1, 0.15) is 23.2 Å². The van der Waals surface area contributed by atoms with Gasteiger partial charge in [0.15, 0.2) is 0 Å². The molecule has 1 N–H and O–H groups in total. The summed E-state index contributed by atoms with van der Waals surface area (Å²) in [6.07, 6.45) is 4.54. The number of carbonyl (C=O) groups is 1. The molecule has 0 unspecified atom stereocenters. The number of benzene rings is 1. The van der Waals surface area contributed by atoms with Crippen LogP contribution >= 0.6 is 0 Å². The number of sulfonamides is 1. The van der Waals surface area contributed by atoms with E-state index < -0.39 is 15.8 Å². The largest absolute Gasteiger partial charge is 0.339 e. The molecule has 3 rings (SSSR count). The van der Waals surface area contributed by atoms with Crippen molar-refractivity contribution < 1.29 is 17.6 Å². The Morgan fingerprint density at radius 3 is 2.46 bits per heavy atom. The van der Waals surface area contributed by atoms with Gasteiger partial charge in [-0.25, -0.2) is 17.5 Å². The predicted octanol–water partition coefficient (Wildman–Crippen LogP) is 2.05. The summed E-state index contributed by atoms with van der Waals surface area (Å²) in [5, 5.41) is 0. The van der Waals surface area contributed by atoms with Crippen molar-refractivity contribution in [1.29, 1.82) is 0 Å². The SMILES string of the molecule is O=C(c1ccncc1)N1CCC(CNS(=O)(=O)c2ccccc2F)CC1. The molecule has 2 heterocycles. The van der Waals surface area contributed by atoms with Crippen LogP contribution in [0, 0.1) is 11.7 Å². The van der Waals surface area contributed by atoms with Crippen molar-refractivity contribution in [2.45, 2.75) is 17.7 Å². The van der Waals surface area contributed by atoms with Gasteiger partial charge in [-0.2, -0.15) is 0 Å². The normalized spacial score (nSPS) is 15.8. The molecule has 1 fully saturated rings. The summed E-state index contributed by atoms with van der Waals surface area (Å²) >= 11 is 0. The second-order valence-electron chi connectivity index (χ2n) is 6.25. The summed E-state index contributed by atoms with van der Waals surface area (Å²) in [5.41, 5.74) is 0.596. The molecular formula is C18H20FN3O3S. The van der Waals surface area contributed by atoms with Gasteiger partial charge in [0, 0.05) is 37.6 Å². The summed E-state index contributed by atoms with van der Waals surface area (Å²) in [6.45, 7) is 1.36. The lowest BCUT2D eigenvalue weighted by Gasteiger charge is -2.32. The first-order chi connectivity index (χ1) is 12.5. The van der Waals surface area contributed by atoms with Gasteiger partial charge in [-0.3, -0.25) is 9.78 Å². The minimum atomic E-state index is -3.88. The molecule has 8 heteroatoms. The van der Waals surface area contributed by atoms with Crippen molar-refractivity contribution in [1.82, 2.24) is 14.6 Å². The molecule has 1 aliphatic heterocycles. The van der Waals surface area contributed by atoms with E-state index in [0.717, 1.165) is 6.07 Å². The lowest BCUT2D eigenvalue weighted by Crippen LogP contribution is -2.41. The monoisotopic (exact) mass is 377 g/mol. The molecule has 138 valence electrons. The number of aromatic nitrogens is 1. The molecule has 1 aromatic heterocycles. The van der Waals surface area contributed by atoms with Gasteiger partial charge in [0.1, 0.15) is 10.7 Å². The van der Waals surface area contributed by atoms with Crippen LogP contribution in [-0.4, -0.2) is 43.8 Å². The molecule has 1 saturated heterocycles. The van der Waals surface area contributed by atoms with Crippen molar-refractivity contribution in [2.24, 2.45) is 5.92 Å². The van der Waals surface area contributed by atoms with Crippen molar-refractivity contribution in [3.63, 3.8) is 0 Å². The van der Waals surface area contributed by atoms with Gasteiger partial charge in [-0.15, -0.1) is 0 Å². The Bertz CT molecular complexity index is 866. The van der Waals surface area contributed by atoms with E-state index in [9.17, 15) is 17.6 Å². The highest BCUT2D eigenvalue weighted by Crippen LogP contribution is 2.20. The van der Waals surface area contributed by atoms with Crippen molar-refractivity contribution in [3.8, 4) is 0 Å². The number of pyridine rings is 1. The molecule has 1 aliphatic rings. The lowest BCUT2D eigenvalue weighted by atomic mass is 9.97. The molecule has 0 saturated carbocycles. The Morgan fingerprint density at radius 1 is 1.15 bits per heavy atom. The van der Waals surface area contributed by atoms with Crippen molar-refractivity contribution in [2.75, 3.05) is 19.6 Å². The van der Waals surface area contributed by atoms with Crippen LogP contribution in [0.5, 0.6) is 0 Å². The smallest absolute Gasteiger partial charge is 0.253 e. The minimum absolute atomic E-state index is 0.0437. The van der Waals surface area contributed by atoms with E-state index in [1.165, 1.54) is 18.2 Å². The fraction of sp³-hybridized carbons (Fsp3) is 0.333. The fourth-order valence-electron chi connectivity index (χ4n) is 2.99. The number of halogens is 1. The third-order valence-electron chi connectivity index (χ3n) is 4.52. The van der Waals surface area contributed by atoms with E-state index in [4.69, 9.17) is 0 Å². The maximum Gasteiger partial charge on any atom is 0.253 e. The molecule has 0 bridgehead atoms. The summed E-state index contributed by atoms with van der Waals surface area (Å²) in [6, 6.07) is 8.66. The molecule has 0 aliphatic carbocycles. The van der Waals surface area contributed by atoms with Gasteiger partial charge in [-0.05, 0) is 43.0 Å². The molecule has 0 spiro atoms. The minimum Gasteiger partial charge on any atom is -0.339 e. The summed E-state index contributed by atoms with van der Waals surface area (Å²) in [4.78, 5) is 17.7. The number of nitrogens with one attached hydrogen (secondary N) is 1. The second-order valence-corrected chi connectivity index (χ2v) is 7.99.